The van der Waals surface area contributed by atoms with E-state index in [1.54, 1.807) is 12.4 Å². The molecule has 131 valence electrons. The Morgan fingerprint density at radius 1 is 0.920 bits per heavy atom. The quantitative estimate of drug-likeness (QED) is 0.443. The molecule has 0 aliphatic carbocycles. The van der Waals surface area contributed by atoms with Crippen molar-refractivity contribution in [3.8, 4) is 0 Å². The van der Waals surface area contributed by atoms with E-state index < -0.39 is 0 Å². The molecule has 0 spiro atoms. The fourth-order valence-corrected chi connectivity index (χ4v) is 1.80. The van der Waals surface area contributed by atoms with Gasteiger partial charge in [-0.1, -0.05) is 36.6 Å². The summed E-state index contributed by atoms with van der Waals surface area (Å²) in [6.45, 7) is 2.20. The molecular formula is C16H17FeN5OS2+. The van der Waals surface area contributed by atoms with Gasteiger partial charge in [0, 0.05) is 32.0 Å². The van der Waals surface area contributed by atoms with Gasteiger partial charge in [-0.05, 0) is 24.3 Å². The zero-order chi connectivity index (χ0) is 18.0. The number of aliphatic hydroxyl groups is 1. The fourth-order valence-electron chi connectivity index (χ4n) is 1.80. The summed E-state index contributed by atoms with van der Waals surface area (Å²) in [5, 5.41) is 26.0. The minimum atomic E-state index is 0. The summed E-state index contributed by atoms with van der Waals surface area (Å²) >= 11 is 7.40. The molecule has 0 saturated carbocycles. The summed E-state index contributed by atoms with van der Waals surface area (Å²) < 4.78 is 0. The Morgan fingerprint density at radius 3 is 1.60 bits per heavy atom. The first kappa shape index (κ1) is 25.6. The van der Waals surface area contributed by atoms with Crippen molar-refractivity contribution in [1.29, 1.82) is 0 Å². The van der Waals surface area contributed by atoms with Gasteiger partial charge in [0.05, 0.1) is 18.0 Å². The topological polar surface area (TPSA) is 93.8 Å². The second kappa shape index (κ2) is 18.7. The van der Waals surface area contributed by atoms with E-state index in [9.17, 15) is 0 Å². The Kier molecular flexibility index (Phi) is 19.1. The van der Waals surface area contributed by atoms with Gasteiger partial charge in [0.2, 0.25) is 0 Å². The van der Waals surface area contributed by atoms with E-state index in [1.165, 1.54) is 10.3 Å². The van der Waals surface area contributed by atoms with E-state index >= 15 is 0 Å². The summed E-state index contributed by atoms with van der Waals surface area (Å²) in [4.78, 5) is 10.7. The summed E-state index contributed by atoms with van der Waals surface area (Å²) in [5.41, 5.74) is 2.00. The fraction of sp³-hybridized carbons (Fsp3) is 0.250. The summed E-state index contributed by atoms with van der Waals surface area (Å²) in [5.74, 6) is 0. The van der Waals surface area contributed by atoms with Gasteiger partial charge in [-0.3, -0.25) is 14.9 Å². The van der Waals surface area contributed by atoms with Crippen molar-refractivity contribution in [2.24, 2.45) is 0 Å². The van der Waals surface area contributed by atoms with Crippen LogP contribution < -0.4 is 0 Å². The molecule has 1 radical (unpaired) electrons. The Hall–Kier alpha value is -1.66. The number of thiocarbonyl (C=S) groups is 2. The standard InChI is InChI=1S/C14H17N3O.2CNS.Fe/c18-10-9-17(11-13-5-1-3-7-15-13)12-14-6-2-4-8-16-14;2*2-1-3;/h1-8,18H,9-12H2;;;/q;2*-1;+3. The van der Waals surface area contributed by atoms with E-state index in [-0.39, 0.29) is 23.7 Å². The molecule has 9 heteroatoms. The SMILES string of the molecule is OCCN(Cc1ccccn1)Cc1ccccn1.[Fe+3].[N-]=C=S.[N-]=C=S. The Morgan fingerprint density at radius 2 is 1.32 bits per heavy atom. The third-order valence-corrected chi connectivity index (χ3v) is 2.64. The first-order chi connectivity index (χ1) is 11.7. The van der Waals surface area contributed by atoms with E-state index in [4.69, 9.17) is 15.9 Å². The van der Waals surface area contributed by atoms with Crippen molar-refractivity contribution < 1.29 is 22.2 Å². The van der Waals surface area contributed by atoms with Crippen LogP contribution in [0.3, 0.4) is 0 Å². The molecule has 0 aromatic carbocycles. The maximum atomic E-state index is 9.11. The van der Waals surface area contributed by atoms with Crippen LogP contribution in [0.2, 0.25) is 0 Å². The molecule has 0 saturated heterocycles. The van der Waals surface area contributed by atoms with Crippen LogP contribution in [0.15, 0.2) is 48.8 Å². The minimum Gasteiger partial charge on any atom is -0.753 e. The summed E-state index contributed by atoms with van der Waals surface area (Å²) in [6.07, 6.45) is 3.57. The number of hydrogen-bond acceptors (Lipinski definition) is 6. The monoisotopic (exact) mass is 415 g/mol. The predicted molar refractivity (Wildman–Crippen MR) is 102 cm³/mol. The molecule has 2 aromatic heterocycles. The number of rotatable bonds is 6. The molecule has 25 heavy (non-hydrogen) atoms. The normalized spacial score (nSPS) is 8.40. The van der Waals surface area contributed by atoms with Gasteiger partial charge >= 0.3 is 17.1 Å². The maximum absolute atomic E-state index is 9.11. The van der Waals surface area contributed by atoms with Gasteiger partial charge in [-0.2, -0.15) is 10.3 Å². The van der Waals surface area contributed by atoms with Crippen LogP contribution in [-0.2, 0) is 30.2 Å². The molecule has 0 amide bonds. The molecular weight excluding hydrogens is 398 g/mol. The molecule has 2 aromatic rings. The number of pyridine rings is 2. The Labute approximate surface area is 168 Å². The van der Waals surface area contributed by atoms with Gasteiger partial charge in [0.25, 0.3) is 0 Å². The third kappa shape index (κ3) is 14.4. The second-order valence-corrected chi connectivity index (χ2v) is 4.62. The molecule has 0 bridgehead atoms. The van der Waals surface area contributed by atoms with Gasteiger partial charge in [0.15, 0.2) is 0 Å². The van der Waals surface area contributed by atoms with E-state index in [0.717, 1.165) is 24.5 Å². The smallest absolute Gasteiger partial charge is 0.753 e. The zero-order valence-electron chi connectivity index (χ0n) is 13.3. The number of aliphatic hydroxyl groups excluding tert-OH is 1. The van der Waals surface area contributed by atoms with Crippen LogP contribution in [0, 0.1) is 0 Å². The first-order valence-electron chi connectivity index (χ1n) is 6.87. The van der Waals surface area contributed by atoms with Crippen molar-refractivity contribution in [2.75, 3.05) is 13.2 Å². The predicted octanol–water partition coefficient (Wildman–Crippen LogP) is 2.79. The molecule has 0 unspecified atom stereocenters. The minimum absolute atomic E-state index is 0. The molecule has 2 rings (SSSR count). The van der Waals surface area contributed by atoms with Crippen LogP contribution in [0.1, 0.15) is 11.4 Å². The number of hydrogen-bond donors (Lipinski definition) is 1. The van der Waals surface area contributed by atoms with Gasteiger partial charge in [-0.25, -0.2) is 0 Å². The van der Waals surface area contributed by atoms with Gasteiger partial charge in [0.1, 0.15) is 0 Å². The van der Waals surface area contributed by atoms with E-state index in [1.807, 2.05) is 36.4 Å². The average Bonchev–Trinajstić information content (AvgIpc) is 2.58. The molecule has 6 nitrogen and oxygen atoms in total. The van der Waals surface area contributed by atoms with Crippen molar-refractivity contribution in [3.63, 3.8) is 0 Å². The van der Waals surface area contributed by atoms with Crippen molar-refractivity contribution in [2.45, 2.75) is 13.1 Å². The molecule has 0 aliphatic heterocycles. The molecule has 0 atom stereocenters. The van der Waals surface area contributed by atoms with Crippen LogP contribution in [-0.4, -0.2) is 43.4 Å². The van der Waals surface area contributed by atoms with Gasteiger partial charge in [-0.15, -0.1) is 0 Å². The van der Waals surface area contributed by atoms with E-state index in [2.05, 4.69) is 39.3 Å². The van der Waals surface area contributed by atoms with Crippen molar-refractivity contribution in [3.05, 3.63) is 71.0 Å². The van der Waals surface area contributed by atoms with Crippen LogP contribution in [0.25, 0.3) is 10.8 Å². The Bertz CT molecular complexity index is 565. The number of aromatic nitrogens is 2. The first-order valence-corrected chi connectivity index (χ1v) is 7.68. The van der Waals surface area contributed by atoms with Gasteiger partial charge < -0.3 is 15.9 Å². The summed E-state index contributed by atoms with van der Waals surface area (Å²) in [7, 11) is 0. The average molecular weight is 415 g/mol. The van der Waals surface area contributed by atoms with Crippen LogP contribution in [0.5, 0.6) is 0 Å². The Balaban J connectivity index is 0. The maximum Gasteiger partial charge on any atom is 3.00 e. The van der Waals surface area contributed by atoms with E-state index in [0.29, 0.717) is 6.54 Å². The number of nitrogens with zero attached hydrogens (tertiary/aromatic N) is 5. The zero-order valence-corrected chi connectivity index (χ0v) is 16.0. The largest absolute Gasteiger partial charge is 3.00 e. The molecule has 1 N–H and O–H groups in total. The third-order valence-electron chi connectivity index (χ3n) is 2.64. The summed E-state index contributed by atoms with van der Waals surface area (Å²) in [6, 6.07) is 11.7. The van der Waals surface area contributed by atoms with Crippen molar-refractivity contribution >= 4 is 34.8 Å². The second-order valence-electron chi connectivity index (χ2n) is 4.26. The molecule has 2 heterocycles. The molecule has 0 aliphatic rings. The molecule has 0 fully saturated rings. The van der Waals surface area contributed by atoms with Crippen molar-refractivity contribution in [1.82, 2.24) is 14.9 Å². The van der Waals surface area contributed by atoms with Crippen LogP contribution in [0.4, 0.5) is 0 Å². The van der Waals surface area contributed by atoms with Crippen LogP contribution >= 0.6 is 24.4 Å². The number of isothiocyanates is 2.